The summed E-state index contributed by atoms with van der Waals surface area (Å²) >= 11 is 0. The van der Waals surface area contributed by atoms with Crippen LogP contribution in [0, 0.1) is 29.6 Å². The van der Waals surface area contributed by atoms with Gasteiger partial charge in [-0.1, -0.05) is 6.07 Å². The molecule has 0 atom stereocenters. The molecule has 1 heterocycles. The Morgan fingerprint density at radius 1 is 1.26 bits per heavy atom. The van der Waals surface area contributed by atoms with Crippen molar-refractivity contribution in [1.82, 2.24) is 4.98 Å². The molecule has 134 valence electrons. The highest BCUT2D eigenvalue weighted by Crippen LogP contribution is 2.44. The standard InChI is InChI=1S/C21H18N4O2/c1-4-27-18-8-13(5-6-17(18)26)7-14-11(2)15(9-22)20-19(14)12(3)16(10-23)21(24)25-20/h5-8,26H,4H2,1-3H3,(H2,24,25). The Hall–Kier alpha value is -3.77. The molecule has 27 heavy (non-hydrogen) atoms. The second-order valence-electron chi connectivity index (χ2n) is 6.16. The maximum atomic E-state index is 9.90. The maximum absolute atomic E-state index is 9.90. The quantitative estimate of drug-likeness (QED) is 0.862. The van der Waals surface area contributed by atoms with Crippen molar-refractivity contribution in [2.24, 2.45) is 0 Å². The number of fused-ring (bicyclic) bond motifs is 1. The lowest BCUT2D eigenvalue weighted by Gasteiger charge is -2.11. The number of aromatic nitrogens is 1. The van der Waals surface area contributed by atoms with Crippen molar-refractivity contribution in [3.05, 3.63) is 51.7 Å². The number of rotatable bonds is 3. The molecule has 0 aliphatic heterocycles. The first-order chi connectivity index (χ1) is 12.9. The molecule has 0 fully saturated rings. The number of pyridine rings is 1. The second-order valence-corrected chi connectivity index (χ2v) is 6.16. The molecule has 0 spiro atoms. The Bertz CT molecular complexity index is 1100. The first-order valence-corrected chi connectivity index (χ1v) is 8.42. The summed E-state index contributed by atoms with van der Waals surface area (Å²) in [6.07, 6.45) is 1.90. The van der Waals surface area contributed by atoms with Gasteiger partial charge in [-0.3, -0.25) is 0 Å². The van der Waals surface area contributed by atoms with Crippen LogP contribution in [0.15, 0.2) is 23.8 Å². The molecule has 0 saturated carbocycles. The fourth-order valence-corrected chi connectivity index (χ4v) is 3.25. The third kappa shape index (κ3) is 2.88. The van der Waals surface area contributed by atoms with Crippen molar-refractivity contribution in [3.8, 4) is 23.6 Å². The zero-order valence-electron chi connectivity index (χ0n) is 15.3. The van der Waals surface area contributed by atoms with Gasteiger partial charge in [-0.15, -0.1) is 0 Å². The van der Waals surface area contributed by atoms with E-state index in [9.17, 15) is 15.6 Å². The van der Waals surface area contributed by atoms with Gasteiger partial charge < -0.3 is 15.6 Å². The van der Waals surface area contributed by atoms with Crippen LogP contribution in [0.3, 0.4) is 0 Å². The summed E-state index contributed by atoms with van der Waals surface area (Å²) in [5, 5.41) is 28.9. The Balaban J connectivity index is 2.26. The molecule has 0 bridgehead atoms. The maximum Gasteiger partial charge on any atom is 0.161 e. The summed E-state index contributed by atoms with van der Waals surface area (Å²) in [6.45, 7) is 5.92. The number of nitrogens with two attached hydrogens (primary N) is 1. The SMILES string of the molecule is CCOc1cc(C=C2C(C)=C(C#N)c3nc(N)c(C#N)c(C)c32)ccc1O. The van der Waals surface area contributed by atoms with E-state index in [1.165, 1.54) is 0 Å². The highest BCUT2D eigenvalue weighted by molar-refractivity contribution is 6.08. The minimum atomic E-state index is 0.0631. The molecule has 3 N–H and O–H groups in total. The number of phenolic OH excluding ortho intramolecular Hbond substituents is 1. The summed E-state index contributed by atoms with van der Waals surface area (Å²) in [5.74, 6) is 0.573. The van der Waals surface area contributed by atoms with Gasteiger partial charge in [0.25, 0.3) is 0 Å². The molecule has 6 nitrogen and oxygen atoms in total. The molecule has 1 aromatic heterocycles. The smallest absolute Gasteiger partial charge is 0.161 e. The lowest BCUT2D eigenvalue weighted by molar-refractivity contribution is 0.318. The number of benzene rings is 1. The summed E-state index contributed by atoms with van der Waals surface area (Å²) in [6, 6.07) is 9.33. The van der Waals surface area contributed by atoms with Gasteiger partial charge in [0.05, 0.1) is 23.4 Å². The van der Waals surface area contributed by atoms with Gasteiger partial charge >= 0.3 is 0 Å². The van der Waals surface area contributed by atoms with Crippen molar-refractivity contribution in [3.63, 3.8) is 0 Å². The van der Waals surface area contributed by atoms with Crippen LogP contribution >= 0.6 is 0 Å². The van der Waals surface area contributed by atoms with Crippen LogP contribution in [0.1, 0.15) is 41.8 Å². The van der Waals surface area contributed by atoms with Crippen LogP contribution < -0.4 is 10.5 Å². The summed E-state index contributed by atoms with van der Waals surface area (Å²) in [7, 11) is 0. The van der Waals surface area contributed by atoms with E-state index < -0.39 is 0 Å². The third-order valence-electron chi connectivity index (χ3n) is 4.58. The monoisotopic (exact) mass is 358 g/mol. The van der Waals surface area contributed by atoms with Gasteiger partial charge in [0.2, 0.25) is 0 Å². The molecule has 1 aliphatic rings. The molecule has 0 radical (unpaired) electrons. The number of phenols is 1. The van der Waals surface area contributed by atoms with Crippen LogP contribution in [-0.4, -0.2) is 16.7 Å². The summed E-state index contributed by atoms with van der Waals surface area (Å²) in [5.41, 5.74) is 11.0. The van der Waals surface area contributed by atoms with Gasteiger partial charge in [-0.05, 0) is 61.3 Å². The number of hydrogen-bond acceptors (Lipinski definition) is 6. The average molecular weight is 358 g/mol. The average Bonchev–Trinajstić information content (AvgIpc) is 2.89. The van der Waals surface area contributed by atoms with Gasteiger partial charge in [0.15, 0.2) is 11.5 Å². The molecule has 6 heteroatoms. The fourth-order valence-electron chi connectivity index (χ4n) is 3.25. The van der Waals surface area contributed by atoms with E-state index in [1.807, 2.05) is 19.9 Å². The van der Waals surface area contributed by atoms with E-state index in [1.54, 1.807) is 25.1 Å². The molecular weight excluding hydrogens is 340 g/mol. The number of nitrogens with zero attached hydrogens (tertiary/aromatic N) is 3. The van der Waals surface area contributed by atoms with Crippen LogP contribution in [-0.2, 0) is 0 Å². The minimum absolute atomic E-state index is 0.0631. The first kappa shape index (κ1) is 18.0. The molecule has 1 aromatic carbocycles. The van der Waals surface area contributed by atoms with Crippen molar-refractivity contribution < 1.29 is 9.84 Å². The topological polar surface area (TPSA) is 116 Å². The predicted molar refractivity (Wildman–Crippen MR) is 103 cm³/mol. The van der Waals surface area contributed by atoms with Crippen LogP contribution in [0.4, 0.5) is 5.82 Å². The zero-order chi connectivity index (χ0) is 19.7. The molecule has 0 saturated heterocycles. The molecule has 0 unspecified atom stereocenters. The Morgan fingerprint density at radius 3 is 2.63 bits per heavy atom. The van der Waals surface area contributed by atoms with E-state index in [2.05, 4.69) is 17.1 Å². The number of allylic oxidation sites excluding steroid dienone is 3. The molecule has 3 rings (SSSR count). The summed E-state index contributed by atoms with van der Waals surface area (Å²) in [4.78, 5) is 4.31. The number of anilines is 1. The van der Waals surface area contributed by atoms with Crippen molar-refractivity contribution >= 4 is 23.0 Å². The van der Waals surface area contributed by atoms with E-state index in [-0.39, 0.29) is 11.6 Å². The highest BCUT2D eigenvalue weighted by atomic mass is 16.5. The second kappa shape index (κ2) is 6.86. The Kier molecular flexibility index (Phi) is 4.58. The van der Waals surface area contributed by atoms with E-state index >= 15 is 0 Å². The van der Waals surface area contributed by atoms with Crippen LogP contribution in [0.2, 0.25) is 0 Å². The normalized spacial score (nSPS) is 14.0. The zero-order valence-corrected chi connectivity index (χ0v) is 15.3. The van der Waals surface area contributed by atoms with Gasteiger partial charge in [0, 0.05) is 5.56 Å². The fraction of sp³-hybridized carbons (Fsp3) is 0.190. The highest BCUT2D eigenvalue weighted by Gasteiger charge is 2.29. The van der Waals surface area contributed by atoms with Gasteiger partial charge in [-0.25, -0.2) is 4.98 Å². The molecule has 1 aliphatic carbocycles. The van der Waals surface area contributed by atoms with Crippen molar-refractivity contribution in [1.29, 1.82) is 10.5 Å². The molecule has 0 amide bonds. The lowest BCUT2D eigenvalue weighted by Crippen LogP contribution is -2.03. The van der Waals surface area contributed by atoms with Crippen LogP contribution in [0.25, 0.3) is 17.2 Å². The number of ether oxygens (including phenoxy) is 1. The predicted octanol–water partition coefficient (Wildman–Crippen LogP) is 3.80. The molecule has 2 aromatic rings. The van der Waals surface area contributed by atoms with Gasteiger partial charge in [-0.2, -0.15) is 10.5 Å². The van der Waals surface area contributed by atoms with Gasteiger partial charge in [0.1, 0.15) is 18.0 Å². The van der Waals surface area contributed by atoms with Crippen molar-refractivity contribution in [2.75, 3.05) is 12.3 Å². The Morgan fingerprint density at radius 2 is 2.00 bits per heavy atom. The number of aromatic hydroxyl groups is 1. The van der Waals surface area contributed by atoms with E-state index in [0.717, 1.165) is 22.3 Å². The largest absolute Gasteiger partial charge is 0.504 e. The minimum Gasteiger partial charge on any atom is -0.504 e. The number of hydrogen-bond donors (Lipinski definition) is 2. The lowest BCUT2D eigenvalue weighted by atomic mass is 9.95. The number of nitriles is 2. The van der Waals surface area contributed by atoms with E-state index in [0.29, 0.717) is 34.8 Å². The first-order valence-electron chi connectivity index (χ1n) is 8.42. The molecular formula is C21H18N4O2. The third-order valence-corrected chi connectivity index (χ3v) is 4.58. The van der Waals surface area contributed by atoms with E-state index in [4.69, 9.17) is 10.5 Å². The number of nitrogen functional groups attached to an aromatic ring is 1. The van der Waals surface area contributed by atoms with Crippen molar-refractivity contribution in [2.45, 2.75) is 20.8 Å². The Labute approximate surface area is 157 Å². The summed E-state index contributed by atoms with van der Waals surface area (Å²) < 4.78 is 5.44. The van der Waals surface area contributed by atoms with Crippen LogP contribution in [0.5, 0.6) is 11.5 Å².